The summed E-state index contributed by atoms with van der Waals surface area (Å²) < 4.78 is 1.65. The molecule has 0 fully saturated rings. The van der Waals surface area contributed by atoms with Crippen LogP contribution in [0.3, 0.4) is 0 Å². The van der Waals surface area contributed by atoms with Crippen LogP contribution in [-0.4, -0.2) is 30.5 Å². The van der Waals surface area contributed by atoms with E-state index in [1.165, 1.54) is 13.1 Å². The van der Waals surface area contributed by atoms with Gasteiger partial charge in [-0.25, -0.2) is 14.6 Å². The zero-order valence-electron chi connectivity index (χ0n) is 11.5. The number of Topliss-reactive ketones (excluding diaryl/α,β-unsaturated/α-hetero) is 1. The SMILES string of the molecule is CC(=O)c1nn(C(C)c2cccnc2)c2nc(Cl)cnc12. The molecule has 0 aromatic carbocycles. The molecule has 0 N–H and O–H groups in total. The number of carbonyl (C=O) groups excluding carboxylic acids is 1. The Hall–Kier alpha value is -2.34. The molecule has 6 nitrogen and oxygen atoms in total. The normalized spacial score (nSPS) is 12.5. The van der Waals surface area contributed by atoms with Gasteiger partial charge >= 0.3 is 0 Å². The van der Waals surface area contributed by atoms with Crippen molar-refractivity contribution < 1.29 is 4.79 Å². The largest absolute Gasteiger partial charge is 0.293 e. The van der Waals surface area contributed by atoms with Gasteiger partial charge in [-0.3, -0.25) is 9.78 Å². The molecule has 3 rings (SSSR count). The molecule has 3 heterocycles. The first-order valence-corrected chi connectivity index (χ1v) is 6.77. The van der Waals surface area contributed by atoms with E-state index in [-0.39, 0.29) is 17.0 Å². The quantitative estimate of drug-likeness (QED) is 0.695. The highest BCUT2D eigenvalue weighted by Gasteiger charge is 2.21. The third-order valence-corrected chi connectivity index (χ3v) is 3.42. The summed E-state index contributed by atoms with van der Waals surface area (Å²) in [7, 11) is 0. The van der Waals surface area contributed by atoms with E-state index in [0.717, 1.165) is 5.56 Å². The van der Waals surface area contributed by atoms with Crippen LogP contribution in [0.2, 0.25) is 5.15 Å². The summed E-state index contributed by atoms with van der Waals surface area (Å²) in [6, 6.07) is 3.65. The molecule has 3 aromatic heterocycles. The summed E-state index contributed by atoms with van der Waals surface area (Å²) in [5.74, 6) is -0.159. The van der Waals surface area contributed by atoms with Crippen LogP contribution in [0, 0.1) is 0 Å². The summed E-state index contributed by atoms with van der Waals surface area (Å²) in [6.45, 7) is 3.41. The standard InChI is InChI=1S/C14H12ClN5O/c1-8(10-4-3-5-16-6-10)20-14-13(12(19-20)9(2)21)17-7-11(15)18-14/h3-8H,1-2H3. The molecule has 0 aliphatic carbocycles. The van der Waals surface area contributed by atoms with Crippen molar-refractivity contribution in [2.75, 3.05) is 0 Å². The fourth-order valence-electron chi connectivity index (χ4n) is 2.16. The van der Waals surface area contributed by atoms with Crippen LogP contribution >= 0.6 is 11.6 Å². The third kappa shape index (κ3) is 2.38. The second-order valence-electron chi connectivity index (χ2n) is 4.68. The van der Waals surface area contributed by atoms with Crippen molar-refractivity contribution in [1.29, 1.82) is 0 Å². The maximum Gasteiger partial charge on any atom is 0.182 e. The van der Waals surface area contributed by atoms with Crippen LogP contribution < -0.4 is 0 Å². The second kappa shape index (κ2) is 5.21. The molecule has 0 saturated heterocycles. The molecule has 7 heteroatoms. The van der Waals surface area contributed by atoms with Crippen molar-refractivity contribution in [3.63, 3.8) is 0 Å². The molecule has 0 aliphatic rings. The predicted molar refractivity (Wildman–Crippen MR) is 78.4 cm³/mol. The highest BCUT2D eigenvalue weighted by molar-refractivity contribution is 6.29. The van der Waals surface area contributed by atoms with Gasteiger partial charge in [0.2, 0.25) is 0 Å². The Labute approximate surface area is 125 Å². The highest BCUT2D eigenvalue weighted by Crippen LogP contribution is 2.24. The van der Waals surface area contributed by atoms with Crippen LogP contribution in [0.5, 0.6) is 0 Å². The van der Waals surface area contributed by atoms with Gasteiger partial charge in [0, 0.05) is 19.3 Å². The van der Waals surface area contributed by atoms with E-state index in [2.05, 4.69) is 20.1 Å². The lowest BCUT2D eigenvalue weighted by Gasteiger charge is -2.12. The minimum atomic E-state index is -0.159. The number of hydrogen-bond donors (Lipinski definition) is 0. The molecule has 1 atom stereocenters. The lowest BCUT2D eigenvalue weighted by atomic mass is 10.1. The van der Waals surface area contributed by atoms with Crippen molar-refractivity contribution in [3.05, 3.63) is 47.1 Å². The molecular weight excluding hydrogens is 290 g/mol. The molecule has 0 spiro atoms. The van der Waals surface area contributed by atoms with Crippen LogP contribution in [0.25, 0.3) is 11.2 Å². The van der Waals surface area contributed by atoms with Crippen molar-refractivity contribution in [2.45, 2.75) is 19.9 Å². The van der Waals surface area contributed by atoms with E-state index in [1.807, 2.05) is 19.1 Å². The smallest absolute Gasteiger partial charge is 0.182 e. The highest BCUT2D eigenvalue weighted by atomic mass is 35.5. The molecule has 3 aromatic rings. The van der Waals surface area contributed by atoms with Crippen LogP contribution in [0.15, 0.2) is 30.7 Å². The zero-order chi connectivity index (χ0) is 15.0. The lowest BCUT2D eigenvalue weighted by molar-refractivity contribution is 0.101. The molecule has 21 heavy (non-hydrogen) atoms. The molecule has 0 amide bonds. The first-order chi connectivity index (χ1) is 10.1. The number of nitrogens with zero attached hydrogens (tertiary/aromatic N) is 5. The van der Waals surface area contributed by atoms with Gasteiger partial charge in [-0.05, 0) is 18.6 Å². The van der Waals surface area contributed by atoms with E-state index >= 15 is 0 Å². The van der Waals surface area contributed by atoms with E-state index in [1.54, 1.807) is 17.1 Å². The number of rotatable bonds is 3. The van der Waals surface area contributed by atoms with Gasteiger partial charge < -0.3 is 0 Å². The first-order valence-electron chi connectivity index (χ1n) is 6.39. The van der Waals surface area contributed by atoms with Gasteiger partial charge in [-0.15, -0.1) is 0 Å². The summed E-state index contributed by atoms with van der Waals surface area (Å²) in [5.41, 5.74) is 2.20. The van der Waals surface area contributed by atoms with E-state index in [0.29, 0.717) is 16.9 Å². The number of fused-ring (bicyclic) bond motifs is 1. The monoisotopic (exact) mass is 301 g/mol. The van der Waals surface area contributed by atoms with Crippen molar-refractivity contribution in [1.82, 2.24) is 24.7 Å². The summed E-state index contributed by atoms with van der Waals surface area (Å²) in [4.78, 5) is 24.3. The predicted octanol–water partition coefficient (Wildman–Crippen LogP) is 2.69. The average molecular weight is 302 g/mol. The maximum absolute atomic E-state index is 11.7. The zero-order valence-corrected chi connectivity index (χ0v) is 12.2. The minimum absolute atomic E-state index is 0.137. The summed E-state index contributed by atoms with van der Waals surface area (Å²) >= 11 is 5.92. The van der Waals surface area contributed by atoms with E-state index in [4.69, 9.17) is 11.6 Å². The number of ketones is 1. The Kier molecular flexibility index (Phi) is 3.39. The fraction of sp³-hybridized carbons (Fsp3) is 0.214. The lowest BCUT2D eigenvalue weighted by Crippen LogP contribution is -2.10. The van der Waals surface area contributed by atoms with Crippen molar-refractivity contribution in [3.8, 4) is 0 Å². The van der Waals surface area contributed by atoms with E-state index in [9.17, 15) is 4.79 Å². The molecule has 106 valence electrons. The average Bonchev–Trinajstić information content (AvgIpc) is 2.86. The molecule has 0 aliphatic heterocycles. The second-order valence-corrected chi connectivity index (χ2v) is 5.06. The van der Waals surface area contributed by atoms with Gasteiger partial charge in [-0.1, -0.05) is 17.7 Å². The Balaban J connectivity index is 2.22. The summed E-state index contributed by atoms with van der Waals surface area (Å²) in [6.07, 6.45) is 4.87. The Morgan fingerprint density at radius 1 is 1.38 bits per heavy atom. The number of aromatic nitrogens is 5. The van der Waals surface area contributed by atoms with Crippen LogP contribution in [0.4, 0.5) is 0 Å². The molecule has 0 bridgehead atoms. The topological polar surface area (TPSA) is 73.6 Å². The fourth-order valence-corrected chi connectivity index (χ4v) is 2.29. The molecule has 0 radical (unpaired) electrons. The third-order valence-electron chi connectivity index (χ3n) is 3.24. The number of hydrogen-bond acceptors (Lipinski definition) is 5. The van der Waals surface area contributed by atoms with Crippen LogP contribution in [0.1, 0.15) is 35.9 Å². The Morgan fingerprint density at radius 3 is 2.86 bits per heavy atom. The van der Waals surface area contributed by atoms with Gasteiger partial charge in [0.15, 0.2) is 17.1 Å². The van der Waals surface area contributed by atoms with Crippen LogP contribution in [-0.2, 0) is 0 Å². The number of carbonyl (C=O) groups is 1. The minimum Gasteiger partial charge on any atom is -0.293 e. The van der Waals surface area contributed by atoms with Gasteiger partial charge in [0.05, 0.1) is 12.2 Å². The first kappa shape index (κ1) is 13.6. The number of halogens is 1. The molecular formula is C14H12ClN5O. The Bertz CT molecular complexity index is 815. The van der Waals surface area contributed by atoms with Crippen molar-refractivity contribution in [2.24, 2.45) is 0 Å². The maximum atomic E-state index is 11.7. The van der Waals surface area contributed by atoms with Gasteiger partial charge in [-0.2, -0.15) is 5.10 Å². The van der Waals surface area contributed by atoms with Gasteiger partial charge in [0.25, 0.3) is 0 Å². The molecule has 1 unspecified atom stereocenters. The van der Waals surface area contributed by atoms with E-state index < -0.39 is 0 Å². The Morgan fingerprint density at radius 2 is 2.19 bits per heavy atom. The molecule has 0 saturated carbocycles. The summed E-state index contributed by atoms with van der Waals surface area (Å²) in [5, 5.41) is 4.62. The van der Waals surface area contributed by atoms with Crippen molar-refractivity contribution >= 4 is 28.5 Å². The number of pyridine rings is 1. The van der Waals surface area contributed by atoms with Gasteiger partial charge in [0.1, 0.15) is 10.7 Å².